The van der Waals surface area contributed by atoms with Gasteiger partial charge in [-0.25, -0.2) is 0 Å². The molecule has 2 aromatic rings. The average molecular weight is 292 g/mol. The number of carbonyl (C=O) groups excluding carboxylic acids is 1. The van der Waals surface area contributed by atoms with Crippen molar-refractivity contribution in [2.75, 3.05) is 5.43 Å². The van der Waals surface area contributed by atoms with Crippen molar-refractivity contribution >= 4 is 27.5 Å². The van der Waals surface area contributed by atoms with E-state index in [1.165, 1.54) is 0 Å². The maximum atomic E-state index is 11.7. The normalized spacial score (nSPS) is 9.71. The first-order chi connectivity index (χ1) is 8.25. The number of halogens is 1. The van der Waals surface area contributed by atoms with Gasteiger partial charge in [0.2, 0.25) is 0 Å². The molecule has 0 unspecified atom stereocenters. The Labute approximate surface area is 107 Å². The lowest BCUT2D eigenvalue weighted by atomic mass is 10.3. The van der Waals surface area contributed by atoms with Gasteiger partial charge < -0.3 is 0 Å². The number of pyridine rings is 1. The molecule has 1 aromatic carbocycles. The molecule has 2 rings (SSSR count). The van der Waals surface area contributed by atoms with E-state index in [9.17, 15) is 4.79 Å². The quantitative estimate of drug-likeness (QED) is 0.855. The van der Waals surface area contributed by atoms with Gasteiger partial charge >= 0.3 is 0 Å². The summed E-state index contributed by atoms with van der Waals surface area (Å²) >= 11 is 3.35. The molecular formula is C12H10BrN3O. The van der Waals surface area contributed by atoms with E-state index in [4.69, 9.17) is 0 Å². The Hall–Kier alpha value is -1.88. The predicted octanol–water partition coefficient (Wildman–Crippen LogP) is 2.60. The van der Waals surface area contributed by atoms with E-state index in [1.807, 2.05) is 24.3 Å². The molecule has 17 heavy (non-hydrogen) atoms. The Morgan fingerprint density at radius 3 is 2.76 bits per heavy atom. The second-order valence-corrected chi connectivity index (χ2v) is 4.22. The topological polar surface area (TPSA) is 54.0 Å². The number of carbonyl (C=O) groups is 1. The van der Waals surface area contributed by atoms with Crippen LogP contribution < -0.4 is 10.9 Å². The number of nitrogens with zero attached hydrogens (tertiary/aromatic N) is 1. The molecule has 0 spiro atoms. The zero-order valence-corrected chi connectivity index (χ0v) is 10.4. The van der Waals surface area contributed by atoms with Crippen LogP contribution in [0.1, 0.15) is 10.5 Å². The lowest BCUT2D eigenvalue weighted by molar-refractivity contribution is 0.0958. The van der Waals surface area contributed by atoms with E-state index < -0.39 is 0 Å². The minimum absolute atomic E-state index is 0.273. The average Bonchev–Trinajstić information content (AvgIpc) is 2.37. The zero-order chi connectivity index (χ0) is 12.1. The molecule has 1 amide bonds. The molecule has 2 N–H and O–H groups in total. The summed E-state index contributed by atoms with van der Waals surface area (Å²) in [7, 11) is 0. The van der Waals surface area contributed by atoms with Crippen LogP contribution in [0.2, 0.25) is 0 Å². The second kappa shape index (κ2) is 5.45. The fourth-order valence-electron chi connectivity index (χ4n) is 1.26. The van der Waals surface area contributed by atoms with Crippen molar-refractivity contribution in [3.63, 3.8) is 0 Å². The lowest BCUT2D eigenvalue weighted by Gasteiger charge is -2.07. The first-order valence-electron chi connectivity index (χ1n) is 4.98. The Balaban J connectivity index is 1.97. The van der Waals surface area contributed by atoms with Gasteiger partial charge in [-0.05, 0) is 30.3 Å². The summed E-state index contributed by atoms with van der Waals surface area (Å²) in [6.07, 6.45) is 1.58. The first-order valence-corrected chi connectivity index (χ1v) is 5.78. The van der Waals surface area contributed by atoms with Crippen molar-refractivity contribution in [1.29, 1.82) is 0 Å². The summed E-state index contributed by atoms with van der Waals surface area (Å²) in [5.41, 5.74) is 6.55. The lowest BCUT2D eigenvalue weighted by Crippen LogP contribution is -2.29. The maximum Gasteiger partial charge on any atom is 0.288 e. The smallest absolute Gasteiger partial charge is 0.288 e. The van der Waals surface area contributed by atoms with Crippen LogP contribution in [0.25, 0.3) is 0 Å². The molecule has 0 saturated heterocycles. The van der Waals surface area contributed by atoms with E-state index in [2.05, 4.69) is 31.8 Å². The van der Waals surface area contributed by atoms with Gasteiger partial charge in [-0.15, -0.1) is 0 Å². The third kappa shape index (κ3) is 3.29. The molecule has 0 aliphatic rings. The van der Waals surface area contributed by atoms with Crippen LogP contribution in [0.15, 0.2) is 53.1 Å². The fourth-order valence-corrected chi connectivity index (χ4v) is 1.66. The van der Waals surface area contributed by atoms with Gasteiger partial charge in [-0.1, -0.05) is 28.1 Å². The molecule has 5 heteroatoms. The minimum atomic E-state index is -0.273. The van der Waals surface area contributed by atoms with Gasteiger partial charge in [0.1, 0.15) is 5.69 Å². The standard InChI is InChI=1S/C12H10BrN3O/c13-9-4-3-5-10(8-9)15-16-12(17)11-6-1-2-7-14-11/h1-8,15H,(H,16,17). The van der Waals surface area contributed by atoms with Gasteiger partial charge in [0.25, 0.3) is 5.91 Å². The molecule has 0 aliphatic carbocycles. The van der Waals surface area contributed by atoms with Gasteiger partial charge in [-0.3, -0.25) is 20.6 Å². The van der Waals surface area contributed by atoms with Crippen LogP contribution >= 0.6 is 15.9 Å². The Morgan fingerprint density at radius 1 is 1.18 bits per heavy atom. The molecule has 0 radical (unpaired) electrons. The van der Waals surface area contributed by atoms with Gasteiger partial charge in [0.15, 0.2) is 0 Å². The number of hydrogen-bond donors (Lipinski definition) is 2. The highest BCUT2D eigenvalue weighted by atomic mass is 79.9. The van der Waals surface area contributed by atoms with E-state index in [1.54, 1.807) is 24.4 Å². The molecular weight excluding hydrogens is 282 g/mol. The Bertz CT molecular complexity index is 516. The number of hydrazine groups is 1. The van der Waals surface area contributed by atoms with Gasteiger partial charge in [0, 0.05) is 10.7 Å². The molecule has 0 bridgehead atoms. The molecule has 1 heterocycles. The SMILES string of the molecule is O=C(NNc1cccc(Br)c1)c1ccccn1. The Morgan fingerprint density at radius 2 is 2.06 bits per heavy atom. The Kier molecular flexibility index (Phi) is 3.72. The van der Waals surface area contributed by atoms with Gasteiger partial charge in [-0.2, -0.15) is 0 Å². The molecule has 0 aliphatic heterocycles. The summed E-state index contributed by atoms with van der Waals surface area (Å²) in [6, 6.07) is 12.7. The number of hydrogen-bond acceptors (Lipinski definition) is 3. The number of rotatable bonds is 3. The number of nitrogens with one attached hydrogen (secondary N) is 2. The minimum Gasteiger partial charge on any atom is -0.298 e. The monoisotopic (exact) mass is 291 g/mol. The molecule has 1 aromatic heterocycles. The summed E-state index contributed by atoms with van der Waals surface area (Å²) in [6.45, 7) is 0. The number of amides is 1. The van der Waals surface area contributed by atoms with Crippen molar-refractivity contribution in [3.05, 3.63) is 58.8 Å². The molecule has 0 atom stereocenters. The van der Waals surface area contributed by atoms with Crippen molar-refractivity contribution in [2.24, 2.45) is 0 Å². The van der Waals surface area contributed by atoms with E-state index >= 15 is 0 Å². The van der Waals surface area contributed by atoms with Gasteiger partial charge in [0.05, 0.1) is 5.69 Å². The second-order valence-electron chi connectivity index (χ2n) is 3.30. The van der Waals surface area contributed by atoms with Crippen molar-refractivity contribution in [3.8, 4) is 0 Å². The molecule has 86 valence electrons. The highest BCUT2D eigenvalue weighted by molar-refractivity contribution is 9.10. The van der Waals surface area contributed by atoms with E-state index in [0.717, 1.165) is 10.2 Å². The third-order valence-corrected chi connectivity index (χ3v) is 2.54. The van der Waals surface area contributed by atoms with Crippen LogP contribution in [0, 0.1) is 0 Å². The van der Waals surface area contributed by atoms with Crippen molar-refractivity contribution in [1.82, 2.24) is 10.4 Å². The van der Waals surface area contributed by atoms with Crippen molar-refractivity contribution in [2.45, 2.75) is 0 Å². The van der Waals surface area contributed by atoms with E-state index in [-0.39, 0.29) is 5.91 Å². The van der Waals surface area contributed by atoms with E-state index in [0.29, 0.717) is 5.69 Å². The van der Waals surface area contributed by atoms with Crippen LogP contribution in [0.4, 0.5) is 5.69 Å². The van der Waals surface area contributed by atoms with Crippen molar-refractivity contribution < 1.29 is 4.79 Å². The highest BCUT2D eigenvalue weighted by Gasteiger charge is 2.04. The highest BCUT2D eigenvalue weighted by Crippen LogP contribution is 2.14. The third-order valence-electron chi connectivity index (χ3n) is 2.04. The summed E-state index contributed by atoms with van der Waals surface area (Å²) < 4.78 is 0.939. The zero-order valence-electron chi connectivity index (χ0n) is 8.85. The molecule has 0 saturated carbocycles. The maximum absolute atomic E-state index is 11.7. The van der Waals surface area contributed by atoms with Crippen LogP contribution in [-0.4, -0.2) is 10.9 Å². The summed E-state index contributed by atoms with van der Waals surface area (Å²) in [5.74, 6) is -0.273. The summed E-state index contributed by atoms with van der Waals surface area (Å²) in [4.78, 5) is 15.6. The first kappa shape index (κ1) is 11.6. The number of anilines is 1. The summed E-state index contributed by atoms with van der Waals surface area (Å²) in [5, 5.41) is 0. The fraction of sp³-hybridized carbons (Fsp3) is 0. The van der Waals surface area contributed by atoms with Crippen LogP contribution in [0.5, 0.6) is 0 Å². The largest absolute Gasteiger partial charge is 0.298 e. The number of aromatic nitrogens is 1. The molecule has 0 fully saturated rings. The van der Waals surface area contributed by atoms with Crippen LogP contribution in [-0.2, 0) is 0 Å². The number of benzene rings is 1. The van der Waals surface area contributed by atoms with Crippen LogP contribution in [0.3, 0.4) is 0 Å². The molecule has 4 nitrogen and oxygen atoms in total. The predicted molar refractivity (Wildman–Crippen MR) is 69.5 cm³/mol.